The van der Waals surface area contributed by atoms with E-state index in [0.717, 1.165) is 4.68 Å². The molecule has 0 aliphatic carbocycles. The van der Waals surface area contributed by atoms with Gasteiger partial charge in [0.05, 0.1) is 17.2 Å². The lowest BCUT2D eigenvalue weighted by atomic mass is 10.3. The minimum atomic E-state index is -3.09. The van der Waals surface area contributed by atoms with Crippen LogP contribution in [0.25, 0.3) is 0 Å². The van der Waals surface area contributed by atoms with Crippen LogP contribution >= 0.6 is 0 Å². The number of nitrogens with one attached hydrogen (secondary N) is 1. The summed E-state index contributed by atoms with van der Waals surface area (Å²) in [6.07, 6.45) is -1.33. The summed E-state index contributed by atoms with van der Waals surface area (Å²) >= 11 is 0. The van der Waals surface area contributed by atoms with Gasteiger partial charge in [-0.1, -0.05) is 0 Å². The molecule has 2 rings (SSSR count). The Balaban J connectivity index is 2.06. The maximum absolute atomic E-state index is 12.8. The molecule has 2 aromatic rings. The lowest BCUT2D eigenvalue weighted by Crippen LogP contribution is -2.28. The van der Waals surface area contributed by atoms with E-state index < -0.39 is 35.2 Å². The second-order valence-electron chi connectivity index (χ2n) is 4.97. The second kappa shape index (κ2) is 7.15. The Morgan fingerprint density at radius 2 is 2.17 bits per heavy atom. The number of nitrogens with zero attached hydrogens (tertiary/aromatic N) is 5. The second-order valence-corrected chi connectivity index (χ2v) is 4.97. The van der Waals surface area contributed by atoms with E-state index in [1.807, 2.05) is 6.92 Å². The van der Waals surface area contributed by atoms with Crippen molar-refractivity contribution in [2.24, 2.45) is 0 Å². The van der Waals surface area contributed by atoms with Crippen molar-refractivity contribution in [1.29, 1.82) is 0 Å². The Kier molecular flexibility index (Phi) is 5.21. The molecule has 0 unspecified atom stereocenters. The molecule has 0 atom stereocenters. The van der Waals surface area contributed by atoms with E-state index in [-0.39, 0.29) is 12.2 Å². The van der Waals surface area contributed by atoms with Crippen LogP contribution in [0.5, 0.6) is 0 Å². The minimum Gasteiger partial charge on any atom is -0.349 e. The van der Waals surface area contributed by atoms with E-state index in [4.69, 9.17) is 0 Å². The van der Waals surface area contributed by atoms with Crippen molar-refractivity contribution in [3.05, 3.63) is 39.5 Å². The Hall–Kier alpha value is -2.85. The van der Waals surface area contributed by atoms with Gasteiger partial charge in [-0.3, -0.25) is 24.3 Å². The molecule has 0 fully saturated rings. The first-order valence-corrected chi connectivity index (χ1v) is 7.12. The standard InChI is InChI=1S/C13H16F2N6O3/c1-3-19-5-4-9(17-19)6-16-10(22)7-20-8(2)12(21(23)24)11(18-20)13(14)15/h4-5,13H,3,6-7H2,1-2H3,(H,16,22). The molecule has 0 bridgehead atoms. The van der Waals surface area contributed by atoms with Crippen LogP contribution in [-0.4, -0.2) is 30.4 Å². The van der Waals surface area contributed by atoms with Crippen LogP contribution < -0.4 is 5.32 Å². The van der Waals surface area contributed by atoms with E-state index in [1.165, 1.54) is 6.92 Å². The molecule has 0 saturated heterocycles. The fourth-order valence-electron chi connectivity index (χ4n) is 2.14. The first-order chi connectivity index (χ1) is 11.3. The molecule has 24 heavy (non-hydrogen) atoms. The van der Waals surface area contributed by atoms with Gasteiger partial charge >= 0.3 is 5.69 Å². The molecular formula is C13H16F2N6O3. The summed E-state index contributed by atoms with van der Waals surface area (Å²) < 4.78 is 28.3. The zero-order chi connectivity index (χ0) is 17.9. The highest BCUT2D eigenvalue weighted by atomic mass is 19.3. The summed E-state index contributed by atoms with van der Waals surface area (Å²) in [5.41, 5.74) is -1.16. The Morgan fingerprint density at radius 1 is 1.46 bits per heavy atom. The lowest BCUT2D eigenvalue weighted by Gasteiger charge is -2.05. The molecular weight excluding hydrogens is 326 g/mol. The van der Waals surface area contributed by atoms with Gasteiger partial charge in [0.1, 0.15) is 12.2 Å². The third kappa shape index (κ3) is 3.73. The molecule has 11 heteroatoms. The number of aryl methyl sites for hydroxylation is 1. The smallest absolute Gasteiger partial charge is 0.319 e. The summed E-state index contributed by atoms with van der Waals surface area (Å²) in [4.78, 5) is 21.9. The summed E-state index contributed by atoms with van der Waals surface area (Å²) in [6, 6.07) is 1.74. The molecule has 2 aromatic heterocycles. The highest BCUT2D eigenvalue weighted by Crippen LogP contribution is 2.30. The van der Waals surface area contributed by atoms with E-state index in [1.54, 1.807) is 16.9 Å². The first-order valence-electron chi connectivity index (χ1n) is 7.12. The normalized spacial score (nSPS) is 11.0. The van der Waals surface area contributed by atoms with Crippen molar-refractivity contribution in [2.75, 3.05) is 0 Å². The monoisotopic (exact) mass is 342 g/mol. The summed E-state index contributed by atoms with van der Waals surface area (Å²) in [5.74, 6) is -0.512. The molecule has 1 N–H and O–H groups in total. The summed E-state index contributed by atoms with van der Waals surface area (Å²) in [7, 11) is 0. The molecule has 0 aromatic carbocycles. The predicted molar refractivity (Wildman–Crippen MR) is 78.3 cm³/mol. The van der Waals surface area contributed by atoms with Crippen LogP contribution in [0.3, 0.4) is 0 Å². The first kappa shape index (κ1) is 17.5. The Morgan fingerprint density at radius 3 is 2.67 bits per heavy atom. The van der Waals surface area contributed by atoms with Crippen LogP contribution in [0.15, 0.2) is 12.3 Å². The van der Waals surface area contributed by atoms with Gasteiger partial charge < -0.3 is 5.32 Å². The van der Waals surface area contributed by atoms with Crippen molar-refractivity contribution in [1.82, 2.24) is 24.9 Å². The summed E-state index contributed by atoms with van der Waals surface area (Å²) in [6.45, 7) is 3.65. The predicted octanol–water partition coefficient (Wildman–Crippen LogP) is 1.57. The molecule has 0 aliphatic heterocycles. The number of halogens is 2. The molecule has 0 spiro atoms. The number of nitro groups is 1. The highest BCUT2D eigenvalue weighted by Gasteiger charge is 2.31. The SMILES string of the molecule is CCn1ccc(CNC(=O)Cn2nc(C(F)F)c([N+](=O)[O-])c2C)n1. The van der Waals surface area contributed by atoms with Gasteiger partial charge in [0.2, 0.25) is 11.6 Å². The van der Waals surface area contributed by atoms with Gasteiger partial charge in [0.25, 0.3) is 6.43 Å². The number of amides is 1. The average Bonchev–Trinajstić information content (AvgIpc) is 3.10. The van der Waals surface area contributed by atoms with Crippen LogP contribution in [0, 0.1) is 17.0 Å². The number of aromatic nitrogens is 4. The number of carbonyl (C=O) groups is 1. The molecule has 0 aliphatic rings. The largest absolute Gasteiger partial charge is 0.349 e. The van der Waals surface area contributed by atoms with Gasteiger partial charge in [0, 0.05) is 12.7 Å². The van der Waals surface area contributed by atoms with Crippen molar-refractivity contribution in [2.45, 2.75) is 39.9 Å². The Bertz CT molecular complexity index is 755. The molecule has 130 valence electrons. The van der Waals surface area contributed by atoms with Gasteiger partial charge in [-0.2, -0.15) is 10.2 Å². The highest BCUT2D eigenvalue weighted by molar-refractivity contribution is 5.75. The van der Waals surface area contributed by atoms with Crippen LogP contribution in [-0.2, 0) is 24.4 Å². The number of hydrogen-bond donors (Lipinski definition) is 1. The maximum atomic E-state index is 12.8. The van der Waals surface area contributed by atoms with Crippen molar-refractivity contribution >= 4 is 11.6 Å². The number of carbonyl (C=O) groups excluding carboxylic acids is 1. The molecule has 1 amide bonds. The fraction of sp³-hybridized carbons (Fsp3) is 0.462. The van der Waals surface area contributed by atoms with E-state index in [2.05, 4.69) is 15.5 Å². The van der Waals surface area contributed by atoms with Gasteiger partial charge in [-0.25, -0.2) is 8.78 Å². The molecule has 2 heterocycles. The third-order valence-corrected chi connectivity index (χ3v) is 3.37. The van der Waals surface area contributed by atoms with Gasteiger partial charge in [-0.15, -0.1) is 0 Å². The topological polar surface area (TPSA) is 108 Å². The molecule has 0 saturated carbocycles. The number of alkyl halides is 2. The molecule has 0 radical (unpaired) electrons. The maximum Gasteiger partial charge on any atom is 0.319 e. The van der Waals surface area contributed by atoms with Crippen molar-refractivity contribution in [3.8, 4) is 0 Å². The van der Waals surface area contributed by atoms with Crippen molar-refractivity contribution < 1.29 is 18.5 Å². The van der Waals surface area contributed by atoms with E-state index in [9.17, 15) is 23.7 Å². The zero-order valence-corrected chi connectivity index (χ0v) is 13.1. The average molecular weight is 342 g/mol. The zero-order valence-electron chi connectivity index (χ0n) is 13.1. The van der Waals surface area contributed by atoms with Crippen LogP contribution in [0.1, 0.15) is 30.4 Å². The molecule has 9 nitrogen and oxygen atoms in total. The van der Waals surface area contributed by atoms with E-state index in [0.29, 0.717) is 12.2 Å². The van der Waals surface area contributed by atoms with E-state index >= 15 is 0 Å². The number of rotatable bonds is 7. The lowest BCUT2D eigenvalue weighted by molar-refractivity contribution is -0.386. The summed E-state index contributed by atoms with van der Waals surface area (Å²) in [5, 5.41) is 21.1. The van der Waals surface area contributed by atoms with Crippen molar-refractivity contribution in [3.63, 3.8) is 0 Å². The fourth-order valence-corrected chi connectivity index (χ4v) is 2.14. The Labute approximate surface area is 135 Å². The van der Waals surface area contributed by atoms with Gasteiger partial charge in [-0.05, 0) is 19.9 Å². The third-order valence-electron chi connectivity index (χ3n) is 3.37. The van der Waals surface area contributed by atoms with Crippen LogP contribution in [0.2, 0.25) is 0 Å². The van der Waals surface area contributed by atoms with Crippen LogP contribution in [0.4, 0.5) is 14.5 Å². The quantitative estimate of drug-likeness (QED) is 0.607. The minimum absolute atomic E-state index is 0.0966. The van der Waals surface area contributed by atoms with Gasteiger partial charge in [0.15, 0.2) is 0 Å². The number of hydrogen-bond acceptors (Lipinski definition) is 5.